The van der Waals surface area contributed by atoms with Gasteiger partial charge in [0.2, 0.25) is 0 Å². The van der Waals surface area contributed by atoms with Crippen molar-refractivity contribution in [3.63, 3.8) is 0 Å². The molecule has 0 saturated carbocycles. The number of rotatable bonds is 6. The summed E-state index contributed by atoms with van der Waals surface area (Å²) < 4.78 is 11.6. The van der Waals surface area contributed by atoms with E-state index in [0.717, 1.165) is 37.1 Å². The van der Waals surface area contributed by atoms with Gasteiger partial charge in [0.15, 0.2) is 5.76 Å². The molecule has 0 aliphatic carbocycles. The fourth-order valence-corrected chi connectivity index (χ4v) is 3.67. The van der Waals surface area contributed by atoms with Gasteiger partial charge in [0.05, 0.1) is 0 Å². The monoisotopic (exact) mass is 400 g/mol. The first kappa shape index (κ1) is 20.2. The molecule has 5 nitrogen and oxygen atoms in total. The highest BCUT2D eigenvalue weighted by Gasteiger charge is 2.30. The van der Waals surface area contributed by atoms with Crippen LogP contribution in [0.25, 0.3) is 10.8 Å². The molecule has 28 heavy (non-hydrogen) atoms. The molecule has 1 aliphatic heterocycles. The number of nitrogens with one attached hydrogen (secondary N) is 1. The number of carbonyl (C=O) groups is 1. The predicted molar refractivity (Wildman–Crippen MR) is 112 cm³/mol. The number of fused-ring (bicyclic) bond motifs is 1. The molecule has 3 aromatic rings. The fraction of sp³-hybridized carbons (Fsp3) is 0.318. The zero-order valence-corrected chi connectivity index (χ0v) is 16.7. The van der Waals surface area contributed by atoms with Crippen molar-refractivity contribution >= 4 is 29.1 Å². The van der Waals surface area contributed by atoms with Crippen LogP contribution in [0.1, 0.15) is 29.2 Å². The van der Waals surface area contributed by atoms with Gasteiger partial charge >= 0.3 is 0 Å². The molecule has 0 radical (unpaired) electrons. The van der Waals surface area contributed by atoms with Gasteiger partial charge in [-0.1, -0.05) is 30.3 Å². The summed E-state index contributed by atoms with van der Waals surface area (Å²) in [6, 6.07) is 18.0. The first-order valence-electron chi connectivity index (χ1n) is 9.40. The van der Waals surface area contributed by atoms with Crippen molar-refractivity contribution in [3.05, 3.63) is 66.1 Å². The molecule has 6 heteroatoms. The molecule has 1 saturated heterocycles. The molecule has 148 valence electrons. The highest BCUT2D eigenvalue weighted by Crippen LogP contribution is 2.23. The number of furan rings is 1. The van der Waals surface area contributed by atoms with Crippen LogP contribution >= 0.6 is 12.4 Å². The van der Waals surface area contributed by atoms with E-state index in [1.165, 1.54) is 5.39 Å². The van der Waals surface area contributed by atoms with Crippen LogP contribution < -0.4 is 10.1 Å². The molecule has 1 amide bonds. The van der Waals surface area contributed by atoms with Crippen LogP contribution in [0, 0.1) is 0 Å². The molecule has 1 unspecified atom stereocenters. The van der Waals surface area contributed by atoms with Crippen LogP contribution in [0.4, 0.5) is 0 Å². The second-order valence-corrected chi connectivity index (χ2v) is 6.92. The van der Waals surface area contributed by atoms with E-state index in [9.17, 15) is 4.79 Å². The molecule has 2 aromatic carbocycles. The maximum Gasteiger partial charge on any atom is 0.289 e. The van der Waals surface area contributed by atoms with Gasteiger partial charge in [-0.15, -0.1) is 12.4 Å². The molecule has 1 aromatic heterocycles. The van der Waals surface area contributed by atoms with Crippen LogP contribution in [0.3, 0.4) is 0 Å². The third-order valence-electron chi connectivity index (χ3n) is 5.05. The number of benzene rings is 2. The van der Waals surface area contributed by atoms with E-state index in [0.29, 0.717) is 18.1 Å². The van der Waals surface area contributed by atoms with Crippen molar-refractivity contribution in [2.75, 3.05) is 20.1 Å². The minimum Gasteiger partial charge on any atom is -0.486 e. The molecular formula is C22H25ClN2O3. The Kier molecular flexibility index (Phi) is 6.60. The van der Waals surface area contributed by atoms with Crippen LogP contribution in [0.15, 0.2) is 59.0 Å². The molecule has 0 spiro atoms. The standard InChI is InChI=1S/C22H24N2O3.ClH/c1-23-14-18-7-4-12-24(18)22(25)21-11-10-20(27-21)15-26-19-9-8-16-5-2-3-6-17(16)13-19;/h2-3,5-6,8-11,13,18,23H,4,7,12,14-15H2,1H3;1H. The number of carbonyl (C=O) groups excluding carboxylic acids is 1. The number of halogens is 1. The van der Waals surface area contributed by atoms with E-state index in [2.05, 4.69) is 17.4 Å². The second-order valence-electron chi connectivity index (χ2n) is 6.92. The normalized spacial score (nSPS) is 16.2. The third-order valence-corrected chi connectivity index (χ3v) is 5.05. The van der Waals surface area contributed by atoms with Crippen molar-refractivity contribution in [1.29, 1.82) is 0 Å². The van der Waals surface area contributed by atoms with E-state index in [4.69, 9.17) is 9.15 Å². The average Bonchev–Trinajstić information content (AvgIpc) is 3.36. The van der Waals surface area contributed by atoms with Crippen LogP contribution in [-0.4, -0.2) is 37.0 Å². The number of nitrogens with zero attached hydrogens (tertiary/aromatic N) is 1. The first-order chi connectivity index (χ1) is 13.2. The maximum absolute atomic E-state index is 12.7. The lowest BCUT2D eigenvalue weighted by Gasteiger charge is -2.23. The van der Waals surface area contributed by atoms with Gasteiger partial charge in [-0.25, -0.2) is 0 Å². The number of likely N-dealkylation sites (tertiary alicyclic amines) is 1. The minimum absolute atomic E-state index is 0. The Balaban J connectivity index is 0.00000225. The summed E-state index contributed by atoms with van der Waals surface area (Å²) in [5.41, 5.74) is 0. The smallest absolute Gasteiger partial charge is 0.289 e. The molecule has 1 fully saturated rings. The lowest BCUT2D eigenvalue weighted by Crippen LogP contribution is -2.40. The summed E-state index contributed by atoms with van der Waals surface area (Å²) in [5, 5.41) is 5.47. The van der Waals surface area contributed by atoms with Gasteiger partial charge in [-0.2, -0.15) is 0 Å². The Morgan fingerprint density at radius 3 is 2.82 bits per heavy atom. The van der Waals surface area contributed by atoms with E-state index in [1.54, 1.807) is 6.07 Å². The Hall–Kier alpha value is -2.50. The zero-order chi connectivity index (χ0) is 18.6. The highest BCUT2D eigenvalue weighted by molar-refractivity contribution is 5.92. The third kappa shape index (κ3) is 4.32. The summed E-state index contributed by atoms with van der Waals surface area (Å²) in [4.78, 5) is 14.6. The second kappa shape index (κ2) is 9.13. The predicted octanol–water partition coefficient (Wildman–Crippen LogP) is 4.26. The van der Waals surface area contributed by atoms with Crippen molar-refractivity contribution in [1.82, 2.24) is 10.2 Å². The summed E-state index contributed by atoms with van der Waals surface area (Å²) >= 11 is 0. The topological polar surface area (TPSA) is 54.7 Å². The summed E-state index contributed by atoms with van der Waals surface area (Å²) in [6.07, 6.45) is 2.07. The largest absolute Gasteiger partial charge is 0.486 e. The van der Waals surface area contributed by atoms with Crippen molar-refractivity contribution in [3.8, 4) is 5.75 Å². The minimum atomic E-state index is -0.0373. The molecule has 0 bridgehead atoms. The van der Waals surface area contributed by atoms with E-state index in [1.807, 2.05) is 48.3 Å². The summed E-state index contributed by atoms with van der Waals surface area (Å²) in [6.45, 7) is 1.89. The first-order valence-corrected chi connectivity index (χ1v) is 9.40. The maximum atomic E-state index is 12.7. The van der Waals surface area contributed by atoms with Crippen molar-refractivity contribution in [2.24, 2.45) is 0 Å². The van der Waals surface area contributed by atoms with E-state index < -0.39 is 0 Å². The van der Waals surface area contributed by atoms with Gasteiger partial charge in [0.25, 0.3) is 5.91 Å². The molecule has 1 atom stereocenters. The van der Waals surface area contributed by atoms with Crippen molar-refractivity contribution in [2.45, 2.75) is 25.5 Å². The number of hydrogen-bond acceptors (Lipinski definition) is 4. The summed E-state index contributed by atoms with van der Waals surface area (Å²) in [5.74, 6) is 1.78. The van der Waals surface area contributed by atoms with E-state index >= 15 is 0 Å². The SMILES string of the molecule is CNCC1CCCN1C(=O)c1ccc(COc2ccc3ccccc3c2)o1.Cl. The molecule has 1 N–H and O–H groups in total. The number of likely N-dealkylation sites (N-methyl/N-ethyl adjacent to an activating group) is 1. The Labute approximate surface area is 171 Å². The highest BCUT2D eigenvalue weighted by atomic mass is 35.5. The van der Waals surface area contributed by atoms with Crippen molar-refractivity contribution < 1.29 is 13.9 Å². The molecule has 2 heterocycles. The lowest BCUT2D eigenvalue weighted by atomic mass is 10.1. The number of amides is 1. The average molecular weight is 401 g/mol. The lowest BCUT2D eigenvalue weighted by molar-refractivity contribution is 0.0700. The van der Waals surface area contributed by atoms with Crippen LogP contribution in [0.2, 0.25) is 0 Å². The Bertz CT molecular complexity index is 940. The zero-order valence-electron chi connectivity index (χ0n) is 15.9. The van der Waals surface area contributed by atoms with Gasteiger partial charge in [0.1, 0.15) is 18.1 Å². The number of hydrogen-bond donors (Lipinski definition) is 1. The quantitative estimate of drug-likeness (QED) is 0.671. The Morgan fingerprint density at radius 1 is 1.18 bits per heavy atom. The van der Waals surface area contributed by atoms with Crippen LogP contribution in [-0.2, 0) is 6.61 Å². The molecule has 1 aliphatic rings. The van der Waals surface area contributed by atoms with Gasteiger partial charge < -0.3 is 19.4 Å². The fourth-order valence-electron chi connectivity index (χ4n) is 3.67. The Morgan fingerprint density at radius 2 is 2.00 bits per heavy atom. The van der Waals surface area contributed by atoms with Crippen LogP contribution in [0.5, 0.6) is 5.75 Å². The van der Waals surface area contributed by atoms with E-state index in [-0.39, 0.29) is 24.4 Å². The molecule has 4 rings (SSSR count). The molecular weight excluding hydrogens is 376 g/mol. The van der Waals surface area contributed by atoms with Gasteiger partial charge in [-0.05, 0) is 54.9 Å². The van der Waals surface area contributed by atoms with Gasteiger partial charge in [0, 0.05) is 19.1 Å². The number of ether oxygens (including phenoxy) is 1. The van der Waals surface area contributed by atoms with Gasteiger partial charge in [-0.3, -0.25) is 4.79 Å². The summed E-state index contributed by atoms with van der Waals surface area (Å²) in [7, 11) is 1.91.